The van der Waals surface area contributed by atoms with Crippen LogP contribution < -0.4 is 9.64 Å². The second-order valence-electron chi connectivity index (χ2n) is 7.67. The number of hydrogen-bond donors (Lipinski definition) is 0. The Morgan fingerprint density at radius 1 is 1.10 bits per heavy atom. The van der Waals surface area contributed by atoms with Crippen LogP contribution >= 0.6 is 0 Å². The van der Waals surface area contributed by atoms with Crippen LogP contribution in [-0.2, 0) is 19.5 Å². The first-order chi connectivity index (χ1) is 14.1. The summed E-state index contributed by atoms with van der Waals surface area (Å²) in [6, 6.07) is 10.2. The standard InChI is InChI=1S/C22H24N6O/c1-4-19-25-26-21-13-27(9-10-28(19)21)20-11-15(7-8-23-20)22-17-12-16(29-14(2)3)5-6-18(17)24-22/h5-8,11-12,14H,4,9-10,13H2,1-3H3. The van der Waals surface area contributed by atoms with Crippen LogP contribution in [0.3, 0.4) is 0 Å². The Morgan fingerprint density at radius 2 is 2.00 bits per heavy atom. The van der Waals surface area contributed by atoms with Crippen molar-refractivity contribution in [3.63, 3.8) is 0 Å². The average Bonchev–Trinajstić information content (AvgIpc) is 3.12. The number of anilines is 1. The van der Waals surface area contributed by atoms with Crippen LogP contribution in [-0.4, -0.2) is 38.1 Å². The van der Waals surface area contributed by atoms with Gasteiger partial charge in [0.15, 0.2) is 5.82 Å². The van der Waals surface area contributed by atoms with Gasteiger partial charge in [0.2, 0.25) is 0 Å². The van der Waals surface area contributed by atoms with Crippen molar-refractivity contribution in [2.75, 3.05) is 11.4 Å². The van der Waals surface area contributed by atoms with Gasteiger partial charge in [-0.3, -0.25) is 0 Å². The zero-order valence-corrected chi connectivity index (χ0v) is 17.0. The molecule has 0 saturated carbocycles. The van der Waals surface area contributed by atoms with Gasteiger partial charge in [-0.05, 0) is 44.2 Å². The van der Waals surface area contributed by atoms with E-state index in [9.17, 15) is 0 Å². The largest absolute Gasteiger partial charge is 0.491 e. The Balaban J connectivity index is 1.39. The smallest absolute Gasteiger partial charge is 0.152 e. The molecule has 0 aliphatic carbocycles. The molecule has 3 aromatic rings. The van der Waals surface area contributed by atoms with Crippen LogP contribution in [0.15, 0.2) is 41.5 Å². The van der Waals surface area contributed by atoms with E-state index in [1.807, 2.05) is 38.2 Å². The van der Waals surface area contributed by atoms with Crippen LogP contribution in [0.2, 0.25) is 0 Å². The number of aliphatic imine (C=N–C) groups is 1. The molecule has 7 heteroatoms. The zero-order chi connectivity index (χ0) is 20.0. The lowest BCUT2D eigenvalue weighted by Crippen LogP contribution is -2.35. The second kappa shape index (κ2) is 6.99. The molecule has 0 atom stereocenters. The number of aryl methyl sites for hydroxylation is 1. The Kier molecular flexibility index (Phi) is 4.30. The fourth-order valence-electron chi connectivity index (χ4n) is 3.91. The number of pyridine rings is 1. The molecule has 0 unspecified atom stereocenters. The van der Waals surface area contributed by atoms with E-state index in [0.717, 1.165) is 71.8 Å². The fourth-order valence-corrected chi connectivity index (χ4v) is 3.91. The molecule has 5 rings (SSSR count). The minimum Gasteiger partial charge on any atom is -0.491 e. The molecule has 2 aromatic heterocycles. The van der Waals surface area contributed by atoms with Gasteiger partial charge in [-0.25, -0.2) is 9.98 Å². The second-order valence-corrected chi connectivity index (χ2v) is 7.67. The molecule has 29 heavy (non-hydrogen) atoms. The van der Waals surface area contributed by atoms with Gasteiger partial charge in [-0.2, -0.15) is 0 Å². The van der Waals surface area contributed by atoms with E-state index in [0.29, 0.717) is 0 Å². The van der Waals surface area contributed by atoms with Gasteiger partial charge < -0.3 is 14.2 Å². The highest BCUT2D eigenvalue weighted by molar-refractivity contribution is 6.22. The van der Waals surface area contributed by atoms with Crippen molar-refractivity contribution in [2.45, 2.75) is 46.4 Å². The number of aromatic nitrogens is 4. The number of nitrogens with zero attached hydrogens (tertiary/aromatic N) is 6. The highest BCUT2D eigenvalue weighted by Crippen LogP contribution is 2.36. The molecule has 4 heterocycles. The van der Waals surface area contributed by atoms with Gasteiger partial charge in [-0.1, -0.05) is 6.92 Å². The number of fused-ring (bicyclic) bond motifs is 2. The summed E-state index contributed by atoms with van der Waals surface area (Å²) in [7, 11) is 0. The van der Waals surface area contributed by atoms with Crippen molar-refractivity contribution >= 4 is 17.2 Å². The summed E-state index contributed by atoms with van der Waals surface area (Å²) in [5.74, 6) is 3.88. The first kappa shape index (κ1) is 17.8. The molecule has 0 radical (unpaired) electrons. The van der Waals surface area contributed by atoms with E-state index in [1.54, 1.807) is 0 Å². The Morgan fingerprint density at radius 3 is 2.83 bits per heavy atom. The molecule has 2 aliphatic rings. The molecule has 2 aliphatic heterocycles. The lowest BCUT2D eigenvalue weighted by molar-refractivity contribution is 0.242. The van der Waals surface area contributed by atoms with Gasteiger partial charge in [-0.15, -0.1) is 10.2 Å². The third kappa shape index (κ3) is 3.16. The lowest BCUT2D eigenvalue weighted by atomic mass is 9.96. The molecule has 0 saturated heterocycles. The van der Waals surface area contributed by atoms with Crippen molar-refractivity contribution < 1.29 is 4.74 Å². The maximum absolute atomic E-state index is 5.84. The number of benzene rings is 1. The third-order valence-corrected chi connectivity index (χ3v) is 5.32. The van der Waals surface area contributed by atoms with Crippen molar-refractivity contribution in [2.24, 2.45) is 4.99 Å². The minimum atomic E-state index is 0.149. The maximum atomic E-state index is 5.84. The first-order valence-corrected chi connectivity index (χ1v) is 10.1. The summed E-state index contributed by atoms with van der Waals surface area (Å²) >= 11 is 0. The number of ether oxygens (including phenoxy) is 1. The Bertz CT molecular complexity index is 1100. The van der Waals surface area contributed by atoms with Crippen molar-refractivity contribution in [3.8, 4) is 5.75 Å². The van der Waals surface area contributed by atoms with Crippen LogP contribution in [0.25, 0.3) is 0 Å². The molecule has 7 nitrogen and oxygen atoms in total. The zero-order valence-electron chi connectivity index (χ0n) is 17.0. The van der Waals surface area contributed by atoms with E-state index < -0.39 is 0 Å². The number of hydrogen-bond acceptors (Lipinski definition) is 6. The van der Waals surface area contributed by atoms with Crippen molar-refractivity contribution in [3.05, 3.63) is 59.3 Å². The predicted molar refractivity (Wildman–Crippen MR) is 112 cm³/mol. The summed E-state index contributed by atoms with van der Waals surface area (Å²) in [5, 5.41) is 8.66. The van der Waals surface area contributed by atoms with E-state index >= 15 is 0 Å². The summed E-state index contributed by atoms with van der Waals surface area (Å²) in [4.78, 5) is 11.6. The molecule has 1 aromatic carbocycles. The molecular formula is C22H24N6O. The van der Waals surface area contributed by atoms with Gasteiger partial charge >= 0.3 is 0 Å². The van der Waals surface area contributed by atoms with E-state index in [2.05, 4.69) is 43.7 Å². The molecule has 0 fully saturated rings. The first-order valence-electron chi connectivity index (χ1n) is 10.1. The van der Waals surface area contributed by atoms with Crippen molar-refractivity contribution in [1.29, 1.82) is 0 Å². The summed E-state index contributed by atoms with van der Waals surface area (Å²) in [5.41, 5.74) is 4.20. The molecular weight excluding hydrogens is 364 g/mol. The van der Waals surface area contributed by atoms with Crippen LogP contribution in [0.5, 0.6) is 5.75 Å². The Labute approximate surface area is 170 Å². The van der Waals surface area contributed by atoms with Crippen LogP contribution in [0, 0.1) is 0 Å². The molecule has 0 bridgehead atoms. The summed E-state index contributed by atoms with van der Waals surface area (Å²) in [6.45, 7) is 8.68. The average molecular weight is 388 g/mol. The van der Waals surface area contributed by atoms with E-state index in [-0.39, 0.29) is 6.10 Å². The van der Waals surface area contributed by atoms with Gasteiger partial charge in [0.1, 0.15) is 17.4 Å². The topological polar surface area (TPSA) is 68.4 Å². The van der Waals surface area contributed by atoms with Gasteiger partial charge in [0.25, 0.3) is 0 Å². The Hall–Kier alpha value is -3.22. The van der Waals surface area contributed by atoms with Crippen LogP contribution in [0.1, 0.15) is 43.5 Å². The highest BCUT2D eigenvalue weighted by atomic mass is 16.5. The van der Waals surface area contributed by atoms with E-state index in [4.69, 9.17) is 9.73 Å². The van der Waals surface area contributed by atoms with E-state index in [1.165, 1.54) is 0 Å². The number of rotatable bonds is 5. The quantitative estimate of drug-likeness (QED) is 0.523. The SMILES string of the molecule is CCc1nnc2n1CCN(c1cc(C3=Nc4ccc(OC(C)C)cc43)ccn1)C2. The van der Waals surface area contributed by atoms with Gasteiger partial charge in [0.05, 0.1) is 24.0 Å². The van der Waals surface area contributed by atoms with Crippen molar-refractivity contribution in [1.82, 2.24) is 19.7 Å². The molecule has 0 spiro atoms. The monoisotopic (exact) mass is 388 g/mol. The normalized spacial score (nSPS) is 14.9. The predicted octanol–water partition coefficient (Wildman–Crippen LogP) is 3.53. The minimum absolute atomic E-state index is 0.149. The summed E-state index contributed by atoms with van der Waals surface area (Å²) in [6.07, 6.45) is 2.91. The van der Waals surface area contributed by atoms with Crippen LogP contribution in [0.4, 0.5) is 11.5 Å². The lowest BCUT2D eigenvalue weighted by Gasteiger charge is -2.29. The molecule has 0 amide bonds. The fraction of sp³-hybridized carbons (Fsp3) is 0.364. The molecule has 148 valence electrons. The third-order valence-electron chi connectivity index (χ3n) is 5.32. The maximum Gasteiger partial charge on any atom is 0.152 e. The summed E-state index contributed by atoms with van der Waals surface area (Å²) < 4.78 is 8.07. The van der Waals surface area contributed by atoms with Gasteiger partial charge in [0, 0.05) is 36.8 Å². The highest BCUT2D eigenvalue weighted by Gasteiger charge is 2.24. The molecule has 0 N–H and O–H groups in total.